The van der Waals surface area contributed by atoms with Crippen LogP contribution in [0, 0.1) is 0 Å². The Morgan fingerprint density at radius 3 is 2.30 bits per heavy atom. The first kappa shape index (κ1) is 16.0. The predicted octanol–water partition coefficient (Wildman–Crippen LogP) is 4.67. The number of ether oxygens (including phenoxy) is 1. The molecule has 112 valence electrons. The Labute approximate surface area is 131 Å². The van der Waals surface area contributed by atoms with Gasteiger partial charge in [0.05, 0.1) is 12.2 Å². The summed E-state index contributed by atoms with van der Waals surface area (Å²) in [6.45, 7) is 8.30. The highest BCUT2D eigenvalue weighted by Crippen LogP contribution is 2.34. The molecule has 0 atom stereocenters. The molecule has 0 unspecified atom stereocenters. The molecule has 0 aromatic heterocycles. The van der Waals surface area contributed by atoms with E-state index in [1.54, 1.807) is 0 Å². The molecule has 2 nitrogen and oxygen atoms in total. The second-order valence-corrected chi connectivity index (χ2v) is 7.82. The van der Waals surface area contributed by atoms with Crippen LogP contribution in [0.4, 0.5) is 0 Å². The Bertz CT molecular complexity index is 416. The smallest absolute Gasteiger partial charge is 0.0811 e. The van der Waals surface area contributed by atoms with Crippen molar-refractivity contribution in [3.05, 3.63) is 34.3 Å². The maximum Gasteiger partial charge on any atom is 0.0811 e. The van der Waals surface area contributed by atoms with Crippen molar-refractivity contribution in [2.24, 2.45) is 0 Å². The maximum absolute atomic E-state index is 6.33. The lowest BCUT2D eigenvalue weighted by Crippen LogP contribution is -2.47. The Hall–Kier alpha value is -0.380. The minimum absolute atomic E-state index is 0.0281. The molecular formula is C17H26BrNO. The van der Waals surface area contributed by atoms with Gasteiger partial charge in [-0.05, 0) is 51.3 Å². The van der Waals surface area contributed by atoms with Crippen LogP contribution >= 0.6 is 15.9 Å². The van der Waals surface area contributed by atoms with Crippen LogP contribution in [0.1, 0.15) is 52.0 Å². The summed E-state index contributed by atoms with van der Waals surface area (Å²) in [7, 11) is 0. The summed E-state index contributed by atoms with van der Waals surface area (Å²) in [5.41, 5.74) is 1.42. The van der Waals surface area contributed by atoms with E-state index in [9.17, 15) is 0 Å². The first-order valence-electron chi connectivity index (χ1n) is 7.52. The minimum Gasteiger partial charge on any atom is -0.369 e. The quantitative estimate of drug-likeness (QED) is 0.841. The van der Waals surface area contributed by atoms with E-state index in [2.05, 4.69) is 66.3 Å². The first-order valence-corrected chi connectivity index (χ1v) is 8.31. The van der Waals surface area contributed by atoms with E-state index < -0.39 is 0 Å². The van der Waals surface area contributed by atoms with E-state index in [0.717, 1.165) is 11.0 Å². The van der Waals surface area contributed by atoms with Gasteiger partial charge in [0.2, 0.25) is 0 Å². The van der Waals surface area contributed by atoms with Gasteiger partial charge < -0.3 is 10.1 Å². The first-order chi connectivity index (χ1) is 9.39. The zero-order valence-electron chi connectivity index (χ0n) is 12.8. The minimum atomic E-state index is 0.0281. The van der Waals surface area contributed by atoms with Crippen LogP contribution < -0.4 is 5.32 Å². The predicted molar refractivity (Wildman–Crippen MR) is 87.9 cm³/mol. The largest absolute Gasteiger partial charge is 0.369 e. The molecule has 3 heteroatoms. The van der Waals surface area contributed by atoms with Crippen LogP contribution in [0.15, 0.2) is 28.7 Å². The van der Waals surface area contributed by atoms with Crippen LogP contribution in [0.2, 0.25) is 0 Å². The summed E-state index contributed by atoms with van der Waals surface area (Å²) in [6, 6.07) is 8.41. The van der Waals surface area contributed by atoms with Gasteiger partial charge >= 0.3 is 0 Å². The average Bonchev–Trinajstić information content (AvgIpc) is 2.85. The van der Waals surface area contributed by atoms with Crippen molar-refractivity contribution in [1.29, 1.82) is 0 Å². The average molecular weight is 340 g/mol. The third-order valence-electron chi connectivity index (χ3n) is 3.91. The SMILES string of the molecule is CC(C)(C)NCC1(OCc2ccc(Br)cc2)CCCC1. The lowest BCUT2D eigenvalue weighted by atomic mass is 9.99. The lowest BCUT2D eigenvalue weighted by Gasteiger charge is -2.33. The molecule has 0 amide bonds. The third-order valence-corrected chi connectivity index (χ3v) is 4.44. The van der Waals surface area contributed by atoms with Crippen molar-refractivity contribution in [3.63, 3.8) is 0 Å². The summed E-state index contributed by atoms with van der Waals surface area (Å²) in [5, 5.41) is 3.62. The summed E-state index contributed by atoms with van der Waals surface area (Å²) in [6.07, 6.45) is 4.91. The molecule has 1 N–H and O–H groups in total. The lowest BCUT2D eigenvalue weighted by molar-refractivity contribution is -0.0535. The fourth-order valence-corrected chi connectivity index (χ4v) is 2.90. The molecule has 0 radical (unpaired) electrons. The van der Waals surface area contributed by atoms with Crippen LogP contribution in [0.5, 0.6) is 0 Å². The molecule has 1 aliphatic carbocycles. The summed E-state index contributed by atoms with van der Waals surface area (Å²) in [4.78, 5) is 0. The van der Waals surface area contributed by atoms with Crippen molar-refractivity contribution in [1.82, 2.24) is 5.32 Å². The van der Waals surface area contributed by atoms with E-state index in [1.807, 2.05) is 0 Å². The number of halogens is 1. The monoisotopic (exact) mass is 339 g/mol. The summed E-state index contributed by atoms with van der Waals surface area (Å²) in [5.74, 6) is 0. The summed E-state index contributed by atoms with van der Waals surface area (Å²) >= 11 is 3.47. The fourth-order valence-electron chi connectivity index (χ4n) is 2.63. The summed E-state index contributed by atoms with van der Waals surface area (Å²) < 4.78 is 7.45. The molecule has 20 heavy (non-hydrogen) atoms. The zero-order valence-corrected chi connectivity index (χ0v) is 14.4. The molecule has 0 aliphatic heterocycles. The fraction of sp³-hybridized carbons (Fsp3) is 0.647. The van der Waals surface area contributed by atoms with Crippen LogP contribution in [-0.2, 0) is 11.3 Å². The van der Waals surface area contributed by atoms with Gasteiger partial charge in [-0.2, -0.15) is 0 Å². The molecule has 1 saturated carbocycles. The maximum atomic E-state index is 6.33. The number of hydrogen-bond acceptors (Lipinski definition) is 2. The van der Waals surface area contributed by atoms with Gasteiger partial charge in [-0.25, -0.2) is 0 Å². The molecule has 0 heterocycles. The van der Waals surface area contributed by atoms with E-state index in [0.29, 0.717) is 6.61 Å². The topological polar surface area (TPSA) is 21.3 Å². The van der Waals surface area contributed by atoms with Crippen molar-refractivity contribution < 1.29 is 4.74 Å². The molecule has 1 aromatic rings. The highest BCUT2D eigenvalue weighted by atomic mass is 79.9. The van der Waals surface area contributed by atoms with Gasteiger partial charge in [0.25, 0.3) is 0 Å². The zero-order chi connectivity index (χ0) is 14.6. The van der Waals surface area contributed by atoms with Gasteiger partial charge in [0.1, 0.15) is 0 Å². The number of hydrogen-bond donors (Lipinski definition) is 1. The second kappa shape index (κ2) is 6.59. The highest BCUT2D eigenvalue weighted by Gasteiger charge is 2.35. The number of benzene rings is 1. The molecule has 1 fully saturated rings. The van der Waals surface area contributed by atoms with Crippen LogP contribution in [-0.4, -0.2) is 17.7 Å². The van der Waals surface area contributed by atoms with Crippen LogP contribution in [0.3, 0.4) is 0 Å². The van der Waals surface area contributed by atoms with Gasteiger partial charge in [0.15, 0.2) is 0 Å². The van der Waals surface area contributed by atoms with Crippen molar-refractivity contribution >= 4 is 15.9 Å². The van der Waals surface area contributed by atoms with E-state index in [-0.39, 0.29) is 11.1 Å². The Morgan fingerprint density at radius 1 is 1.15 bits per heavy atom. The van der Waals surface area contributed by atoms with Gasteiger partial charge in [-0.15, -0.1) is 0 Å². The number of rotatable bonds is 5. The van der Waals surface area contributed by atoms with Gasteiger partial charge in [-0.1, -0.05) is 40.9 Å². The molecule has 1 aliphatic rings. The molecule has 2 rings (SSSR count). The molecular weight excluding hydrogens is 314 g/mol. The number of nitrogens with one attached hydrogen (secondary N) is 1. The second-order valence-electron chi connectivity index (χ2n) is 6.91. The van der Waals surface area contributed by atoms with E-state index in [4.69, 9.17) is 4.74 Å². The molecule has 1 aromatic carbocycles. The van der Waals surface area contributed by atoms with Crippen molar-refractivity contribution in [2.75, 3.05) is 6.54 Å². The van der Waals surface area contributed by atoms with Gasteiger partial charge in [-0.3, -0.25) is 0 Å². The molecule has 0 spiro atoms. The van der Waals surface area contributed by atoms with Crippen LogP contribution in [0.25, 0.3) is 0 Å². The third kappa shape index (κ3) is 4.87. The molecule has 0 bridgehead atoms. The Balaban J connectivity index is 1.93. The van der Waals surface area contributed by atoms with E-state index >= 15 is 0 Å². The normalized spacial score (nSPS) is 18.4. The van der Waals surface area contributed by atoms with Gasteiger partial charge in [0, 0.05) is 16.6 Å². The standard InChI is InChI=1S/C17H26BrNO/c1-16(2,3)19-13-17(10-4-5-11-17)20-12-14-6-8-15(18)9-7-14/h6-9,19H,4-5,10-13H2,1-3H3. The van der Waals surface area contributed by atoms with E-state index in [1.165, 1.54) is 31.2 Å². The van der Waals surface area contributed by atoms with Crippen molar-refractivity contribution in [3.8, 4) is 0 Å². The molecule has 0 saturated heterocycles. The van der Waals surface area contributed by atoms with Crippen molar-refractivity contribution in [2.45, 2.75) is 64.2 Å². The highest BCUT2D eigenvalue weighted by molar-refractivity contribution is 9.10. The Kier molecular flexibility index (Phi) is 5.27. The Morgan fingerprint density at radius 2 is 1.75 bits per heavy atom.